The highest BCUT2D eigenvalue weighted by Crippen LogP contribution is 2.49. The van der Waals surface area contributed by atoms with Crippen molar-refractivity contribution in [1.82, 2.24) is 0 Å². The molecule has 2 heterocycles. The number of carbonyl (C=O) groups excluding carboxylic acids is 3. The Bertz CT molecular complexity index is 2110. The van der Waals surface area contributed by atoms with Crippen molar-refractivity contribution in [3.63, 3.8) is 0 Å². The van der Waals surface area contributed by atoms with E-state index in [1.165, 1.54) is 148 Å². The van der Waals surface area contributed by atoms with Gasteiger partial charge in [-0.05, 0) is 50.9 Å². The molecule has 1 saturated carbocycles. The second kappa shape index (κ2) is 55.2. The summed E-state index contributed by atoms with van der Waals surface area (Å²) < 4.78 is 65.1. The van der Waals surface area contributed by atoms with Crippen LogP contribution in [0.2, 0.25) is 0 Å². The van der Waals surface area contributed by atoms with Gasteiger partial charge in [0.05, 0.1) is 13.2 Å². The molecule has 99 heavy (non-hydrogen) atoms. The van der Waals surface area contributed by atoms with Crippen LogP contribution < -0.4 is 0 Å². The van der Waals surface area contributed by atoms with Gasteiger partial charge < -0.3 is 89.1 Å². The molecule has 25 heteroatoms. The van der Waals surface area contributed by atoms with Crippen molar-refractivity contribution >= 4 is 25.7 Å². The second-order valence-electron chi connectivity index (χ2n) is 28.3. The molecule has 3 rings (SSSR count). The number of unbranched alkanes of at least 4 members (excludes halogenated alkanes) is 33. The summed E-state index contributed by atoms with van der Waals surface area (Å²) in [5.41, 5.74) is 0. The molecule has 2 aliphatic heterocycles. The Hall–Kier alpha value is -2.30. The van der Waals surface area contributed by atoms with Gasteiger partial charge in [0.2, 0.25) is 0 Å². The summed E-state index contributed by atoms with van der Waals surface area (Å²) in [6.07, 6.45) is 12.8. The molecule has 19 unspecified atom stereocenters. The molecule has 0 bridgehead atoms. The Kier molecular flexibility index (Phi) is 50.7. The van der Waals surface area contributed by atoms with Gasteiger partial charge in [-0.25, -0.2) is 4.57 Å². The minimum absolute atomic E-state index is 0.00898. The fraction of sp³-hybridized carbons (Fsp3) is 0.932. The molecule has 0 radical (unpaired) electrons. The maximum Gasteiger partial charge on any atom is 0.472 e. The van der Waals surface area contributed by atoms with E-state index in [0.717, 1.165) is 89.9 Å². The van der Waals surface area contributed by atoms with Gasteiger partial charge >= 0.3 is 25.7 Å². The van der Waals surface area contributed by atoms with Crippen molar-refractivity contribution in [1.29, 1.82) is 0 Å². The number of esters is 3. The molecular weight excluding hydrogens is 1300 g/mol. The van der Waals surface area contributed by atoms with E-state index in [2.05, 4.69) is 39.8 Å². The SMILES string of the molecule is CCCCCCCC/C=C\CCCCCC(=O)OCC1OC(OC2C(O)C(O)C(O)C(OC3OC(CO)C(O)C(O)C3O)C2OP(=O)(O)OCC(COC(=O)CCCCCCCCCCCCCCCCC)OC(=O)CCCCCCCCC(C)CCCCCCCC)C(O)C(O)C1O. The van der Waals surface area contributed by atoms with E-state index in [0.29, 0.717) is 25.2 Å². The van der Waals surface area contributed by atoms with Gasteiger partial charge in [0.25, 0.3) is 0 Å². The molecule has 0 aromatic rings. The largest absolute Gasteiger partial charge is 0.472 e. The molecule has 3 aliphatic rings. The fourth-order valence-corrected chi connectivity index (χ4v) is 14.0. The minimum atomic E-state index is -5.70. The van der Waals surface area contributed by atoms with Crippen LogP contribution in [0.5, 0.6) is 0 Å². The molecule has 0 aromatic carbocycles. The minimum Gasteiger partial charge on any atom is -0.463 e. The Morgan fingerprint density at radius 2 is 0.768 bits per heavy atom. The van der Waals surface area contributed by atoms with Gasteiger partial charge in [-0.3, -0.25) is 23.4 Å². The number of phosphoric ester groups is 1. The topological polar surface area (TPSA) is 374 Å². The molecule has 0 spiro atoms. The van der Waals surface area contributed by atoms with Crippen molar-refractivity contribution in [2.24, 2.45) is 5.92 Å². The van der Waals surface area contributed by atoms with E-state index in [1.807, 2.05) is 0 Å². The second-order valence-corrected chi connectivity index (χ2v) is 29.8. The molecule has 0 amide bonds. The molecule has 24 nitrogen and oxygen atoms in total. The predicted octanol–water partition coefficient (Wildman–Crippen LogP) is 11.0. The van der Waals surface area contributed by atoms with Crippen LogP contribution in [0.15, 0.2) is 12.2 Å². The Morgan fingerprint density at radius 3 is 1.20 bits per heavy atom. The van der Waals surface area contributed by atoms with E-state index >= 15 is 0 Å². The van der Waals surface area contributed by atoms with Crippen molar-refractivity contribution in [2.75, 3.05) is 26.4 Å². The lowest BCUT2D eigenvalue weighted by Crippen LogP contribution is -2.69. The number of hydrogen-bond acceptors (Lipinski definition) is 23. The summed E-state index contributed by atoms with van der Waals surface area (Å²) in [6, 6.07) is 0. The lowest BCUT2D eigenvalue weighted by Gasteiger charge is -2.49. The molecule has 3 fully saturated rings. The molecule has 11 N–H and O–H groups in total. The number of phosphoric acid groups is 1. The summed E-state index contributed by atoms with van der Waals surface area (Å²) in [5.74, 6) is -1.32. The molecule has 582 valence electrons. The third kappa shape index (κ3) is 38.5. The van der Waals surface area contributed by atoms with Crippen LogP contribution in [0.1, 0.15) is 304 Å². The number of hydrogen-bond donors (Lipinski definition) is 11. The summed E-state index contributed by atoms with van der Waals surface area (Å²) in [5, 5.41) is 110. The number of aliphatic hydroxyl groups excluding tert-OH is 10. The van der Waals surface area contributed by atoms with Gasteiger partial charge in [0.1, 0.15) is 98.7 Å². The predicted molar refractivity (Wildman–Crippen MR) is 375 cm³/mol. The summed E-state index contributed by atoms with van der Waals surface area (Å²) in [4.78, 5) is 51.1. The van der Waals surface area contributed by atoms with E-state index in [1.54, 1.807) is 0 Å². The zero-order chi connectivity index (χ0) is 72.6. The normalized spacial score (nSPS) is 27.8. The van der Waals surface area contributed by atoms with Gasteiger partial charge in [0.15, 0.2) is 18.7 Å². The monoisotopic (exact) mass is 1440 g/mol. The maximum absolute atomic E-state index is 14.4. The van der Waals surface area contributed by atoms with Crippen molar-refractivity contribution in [3.05, 3.63) is 12.2 Å². The van der Waals surface area contributed by atoms with E-state index < -0.39 is 156 Å². The van der Waals surface area contributed by atoms with Crippen LogP contribution in [0.4, 0.5) is 0 Å². The van der Waals surface area contributed by atoms with Crippen LogP contribution in [0.3, 0.4) is 0 Å². The first kappa shape index (κ1) is 90.9. The van der Waals surface area contributed by atoms with Crippen molar-refractivity contribution in [2.45, 2.75) is 408 Å². The van der Waals surface area contributed by atoms with E-state index in [-0.39, 0.29) is 19.3 Å². The third-order valence-corrected chi connectivity index (χ3v) is 20.4. The fourth-order valence-electron chi connectivity index (χ4n) is 13.0. The molecule has 1 aliphatic carbocycles. The lowest BCUT2D eigenvalue weighted by molar-refractivity contribution is -0.360. The average molecular weight is 1440 g/mol. The summed E-state index contributed by atoms with van der Waals surface area (Å²) in [7, 11) is -5.70. The first-order valence-electron chi connectivity index (χ1n) is 38.9. The zero-order valence-electron chi connectivity index (χ0n) is 61.0. The van der Waals surface area contributed by atoms with Crippen LogP contribution in [-0.4, -0.2) is 204 Å². The van der Waals surface area contributed by atoms with E-state index in [4.69, 9.17) is 42.2 Å². The van der Waals surface area contributed by atoms with Crippen LogP contribution in [0.25, 0.3) is 0 Å². The molecule has 2 saturated heterocycles. The average Bonchev–Trinajstić information content (AvgIpc) is 0.763. The first-order valence-corrected chi connectivity index (χ1v) is 40.4. The van der Waals surface area contributed by atoms with E-state index in [9.17, 15) is 74.9 Å². The quantitative estimate of drug-likeness (QED) is 0.00886. The number of carbonyl (C=O) groups is 3. The van der Waals surface area contributed by atoms with Gasteiger partial charge in [-0.15, -0.1) is 0 Å². The Labute approximate surface area is 592 Å². The highest BCUT2D eigenvalue weighted by atomic mass is 31.2. The lowest BCUT2D eigenvalue weighted by atomic mass is 9.84. The standard InChI is InChI=1S/C74H137O24P/c1-5-8-11-14-17-19-21-23-24-26-28-29-31-37-42-47-58(76)90-51-55(93-60(78)49-44-39-34-33-36-41-46-54(4)45-40-35-16-13-10-7-3)52-92-99(88,89)98-72-70(96-73-68(86)63(81)61(79)56(50-75)94-73)66(84)65(83)67(85)71(72)97-74-69(87)64(82)62(80)57(95-74)53-91-59(77)48-43-38-32-30-27-25-22-20-18-15-12-9-6-2/h25,27,54-57,61-75,79-87H,5-24,26,28-53H2,1-4H3,(H,88,89)/b27-25-. The van der Waals surface area contributed by atoms with Crippen LogP contribution >= 0.6 is 7.82 Å². The number of aliphatic hydroxyl groups is 10. The maximum atomic E-state index is 14.4. The van der Waals surface area contributed by atoms with Crippen molar-refractivity contribution in [3.8, 4) is 0 Å². The number of allylic oxidation sites excluding steroid dienone is 2. The zero-order valence-corrected chi connectivity index (χ0v) is 61.8. The molecule has 0 aromatic heterocycles. The first-order chi connectivity index (χ1) is 47.7. The Morgan fingerprint density at radius 1 is 0.414 bits per heavy atom. The molecule has 19 atom stereocenters. The number of ether oxygens (including phenoxy) is 7. The van der Waals surface area contributed by atoms with Crippen LogP contribution in [0, 0.1) is 5.92 Å². The van der Waals surface area contributed by atoms with Gasteiger partial charge in [-0.1, -0.05) is 252 Å². The smallest absolute Gasteiger partial charge is 0.463 e. The summed E-state index contributed by atoms with van der Waals surface area (Å²) in [6.45, 7) is 5.77. The van der Waals surface area contributed by atoms with Gasteiger partial charge in [0, 0.05) is 19.3 Å². The third-order valence-electron chi connectivity index (χ3n) is 19.4. The Balaban J connectivity index is 1.74. The number of rotatable bonds is 60. The highest BCUT2D eigenvalue weighted by molar-refractivity contribution is 7.47. The highest BCUT2D eigenvalue weighted by Gasteiger charge is 2.58. The molecular formula is C74H137O24P. The van der Waals surface area contributed by atoms with Gasteiger partial charge in [-0.2, -0.15) is 0 Å². The summed E-state index contributed by atoms with van der Waals surface area (Å²) >= 11 is 0. The van der Waals surface area contributed by atoms with Crippen LogP contribution in [-0.2, 0) is 61.2 Å². The van der Waals surface area contributed by atoms with Crippen molar-refractivity contribution < 1.29 is 117 Å².